The van der Waals surface area contributed by atoms with Crippen LogP contribution in [0.15, 0.2) is 18.2 Å². The molecule has 0 bridgehead atoms. The van der Waals surface area contributed by atoms with Crippen LogP contribution in [0.1, 0.15) is 19.0 Å². The monoisotopic (exact) mass is 231 g/mol. The highest BCUT2D eigenvalue weighted by molar-refractivity contribution is 5.72. The van der Waals surface area contributed by atoms with Crippen molar-refractivity contribution in [1.29, 1.82) is 5.26 Å². The van der Waals surface area contributed by atoms with E-state index in [1.54, 1.807) is 12.1 Å². The number of rotatable bonds is 2. The molecule has 0 aliphatic carbocycles. The molecule has 0 spiro atoms. The van der Waals surface area contributed by atoms with Crippen molar-refractivity contribution in [2.75, 3.05) is 11.4 Å². The molecule has 1 saturated heterocycles. The summed E-state index contributed by atoms with van der Waals surface area (Å²) in [6.07, 6.45) is 0.620. The summed E-state index contributed by atoms with van der Waals surface area (Å²) in [7, 11) is 0. The van der Waals surface area contributed by atoms with Crippen LogP contribution in [0.4, 0.5) is 5.82 Å². The molecular formula is C12H13N3O2. The number of carboxylic acids is 1. The lowest BCUT2D eigenvalue weighted by Gasteiger charge is -2.24. The van der Waals surface area contributed by atoms with Gasteiger partial charge in [0.2, 0.25) is 0 Å². The second kappa shape index (κ2) is 4.42. The quantitative estimate of drug-likeness (QED) is 0.828. The smallest absolute Gasteiger partial charge is 0.308 e. The predicted octanol–water partition coefficient (Wildman–Crippen LogP) is 1.25. The van der Waals surface area contributed by atoms with Crippen LogP contribution in [0, 0.1) is 17.2 Å². The first-order valence-electron chi connectivity index (χ1n) is 5.50. The average Bonchev–Trinajstić information content (AvgIpc) is 2.71. The summed E-state index contributed by atoms with van der Waals surface area (Å²) in [5.41, 5.74) is 0.355. The zero-order valence-corrected chi connectivity index (χ0v) is 9.50. The largest absolute Gasteiger partial charge is 0.481 e. The third kappa shape index (κ3) is 2.07. The van der Waals surface area contributed by atoms with E-state index in [9.17, 15) is 4.79 Å². The van der Waals surface area contributed by atoms with E-state index >= 15 is 0 Å². The summed E-state index contributed by atoms with van der Waals surface area (Å²) in [6, 6.07) is 7.11. The van der Waals surface area contributed by atoms with Crippen molar-refractivity contribution >= 4 is 11.8 Å². The van der Waals surface area contributed by atoms with E-state index in [2.05, 4.69) is 4.98 Å². The lowest BCUT2D eigenvalue weighted by atomic mass is 10.0. The number of anilines is 1. The normalized spacial score (nSPS) is 23.4. The molecule has 2 atom stereocenters. The Labute approximate surface area is 99.3 Å². The van der Waals surface area contributed by atoms with Gasteiger partial charge < -0.3 is 10.0 Å². The number of aromatic nitrogens is 1. The standard InChI is InChI=1S/C12H13N3O2/c1-8-10(12(16)17)5-6-15(8)11-4-2-3-9(7-13)14-11/h2-4,8,10H,5-6H2,1H3,(H,16,17). The first-order chi connectivity index (χ1) is 8.13. The molecule has 1 aliphatic heterocycles. The highest BCUT2D eigenvalue weighted by atomic mass is 16.4. The van der Waals surface area contributed by atoms with Crippen LogP contribution < -0.4 is 4.90 Å². The van der Waals surface area contributed by atoms with Crippen LogP contribution >= 0.6 is 0 Å². The molecule has 5 nitrogen and oxygen atoms in total. The van der Waals surface area contributed by atoms with Crippen molar-refractivity contribution in [2.24, 2.45) is 5.92 Å². The Kier molecular flexibility index (Phi) is 2.96. The highest BCUT2D eigenvalue weighted by Crippen LogP contribution is 2.28. The minimum absolute atomic E-state index is 0.0889. The lowest BCUT2D eigenvalue weighted by molar-refractivity contribution is -0.141. The molecule has 1 aliphatic rings. The maximum atomic E-state index is 11.0. The van der Waals surface area contributed by atoms with E-state index in [0.717, 1.165) is 0 Å². The van der Waals surface area contributed by atoms with Gasteiger partial charge in [-0.15, -0.1) is 0 Å². The third-order valence-electron chi connectivity index (χ3n) is 3.22. The summed E-state index contributed by atoms with van der Waals surface area (Å²) in [4.78, 5) is 17.1. The van der Waals surface area contributed by atoms with Crippen molar-refractivity contribution < 1.29 is 9.90 Å². The minimum Gasteiger partial charge on any atom is -0.481 e. The summed E-state index contributed by atoms with van der Waals surface area (Å²) < 4.78 is 0. The molecular weight excluding hydrogens is 218 g/mol. The Bertz CT molecular complexity index is 481. The zero-order chi connectivity index (χ0) is 12.4. The summed E-state index contributed by atoms with van der Waals surface area (Å²) >= 11 is 0. The maximum absolute atomic E-state index is 11.0. The van der Waals surface area contributed by atoms with Crippen LogP contribution in [0.25, 0.3) is 0 Å². The van der Waals surface area contributed by atoms with Crippen LogP contribution in [-0.4, -0.2) is 28.6 Å². The number of nitrogens with zero attached hydrogens (tertiary/aromatic N) is 3. The number of aliphatic carboxylic acids is 1. The van der Waals surface area contributed by atoms with Gasteiger partial charge in [0.05, 0.1) is 5.92 Å². The second-order valence-electron chi connectivity index (χ2n) is 4.16. The molecule has 5 heteroatoms. The van der Waals surface area contributed by atoms with Crippen LogP contribution in [0.2, 0.25) is 0 Å². The van der Waals surface area contributed by atoms with E-state index in [1.165, 1.54) is 0 Å². The molecule has 17 heavy (non-hydrogen) atoms. The molecule has 1 fully saturated rings. The molecule has 1 aromatic heterocycles. The summed E-state index contributed by atoms with van der Waals surface area (Å²) in [5, 5.41) is 17.8. The van der Waals surface area contributed by atoms with Crippen molar-refractivity contribution in [1.82, 2.24) is 4.98 Å². The first kappa shape index (κ1) is 11.4. The Hall–Kier alpha value is -2.09. The Morgan fingerprint density at radius 2 is 2.41 bits per heavy atom. The molecule has 88 valence electrons. The average molecular weight is 231 g/mol. The predicted molar refractivity (Wildman–Crippen MR) is 61.5 cm³/mol. The molecule has 0 saturated carbocycles. The highest BCUT2D eigenvalue weighted by Gasteiger charge is 2.36. The van der Waals surface area contributed by atoms with Gasteiger partial charge >= 0.3 is 5.97 Å². The van der Waals surface area contributed by atoms with E-state index in [-0.39, 0.29) is 12.0 Å². The SMILES string of the molecule is CC1C(C(=O)O)CCN1c1cccc(C#N)n1. The molecule has 0 aromatic carbocycles. The molecule has 0 amide bonds. The van der Waals surface area contributed by atoms with Crippen LogP contribution in [0.3, 0.4) is 0 Å². The second-order valence-corrected chi connectivity index (χ2v) is 4.16. The molecule has 0 radical (unpaired) electrons. The van der Waals surface area contributed by atoms with Crippen LogP contribution in [-0.2, 0) is 4.79 Å². The topological polar surface area (TPSA) is 77.2 Å². The maximum Gasteiger partial charge on any atom is 0.308 e. The number of pyridine rings is 1. The van der Waals surface area contributed by atoms with Crippen molar-refractivity contribution in [3.05, 3.63) is 23.9 Å². The van der Waals surface area contributed by atoms with E-state index < -0.39 is 5.97 Å². The fourth-order valence-electron chi connectivity index (χ4n) is 2.24. The van der Waals surface area contributed by atoms with Crippen LogP contribution in [0.5, 0.6) is 0 Å². The number of carbonyl (C=O) groups is 1. The third-order valence-corrected chi connectivity index (χ3v) is 3.22. The van der Waals surface area contributed by atoms with Gasteiger partial charge in [0.15, 0.2) is 0 Å². The molecule has 2 heterocycles. The fraction of sp³-hybridized carbons (Fsp3) is 0.417. The fourth-order valence-corrected chi connectivity index (χ4v) is 2.24. The first-order valence-corrected chi connectivity index (χ1v) is 5.50. The zero-order valence-electron chi connectivity index (χ0n) is 9.50. The van der Waals surface area contributed by atoms with Crippen molar-refractivity contribution in [3.8, 4) is 6.07 Å². The Morgan fingerprint density at radius 3 is 3.00 bits per heavy atom. The van der Waals surface area contributed by atoms with Crippen molar-refractivity contribution in [3.63, 3.8) is 0 Å². The van der Waals surface area contributed by atoms with Gasteiger partial charge in [-0.1, -0.05) is 6.07 Å². The van der Waals surface area contributed by atoms with E-state index in [1.807, 2.05) is 24.0 Å². The van der Waals surface area contributed by atoms with Crippen molar-refractivity contribution in [2.45, 2.75) is 19.4 Å². The number of nitriles is 1. The summed E-state index contributed by atoms with van der Waals surface area (Å²) in [6.45, 7) is 2.55. The van der Waals surface area contributed by atoms with Gasteiger partial charge in [-0.3, -0.25) is 4.79 Å². The molecule has 2 unspecified atom stereocenters. The number of hydrogen-bond donors (Lipinski definition) is 1. The van der Waals surface area contributed by atoms with Gasteiger partial charge in [-0.25, -0.2) is 4.98 Å². The molecule has 1 N–H and O–H groups in total. The van der Waals surface area contributed by atoms with E-state index in [4.69, 9.17) is 10.4 Å². The number of hydrogen-bond acceptors (Lipinski definition) is 4. The lowest BCUT2D eigenvalue weighted by Crippen LogP contribution is -2.33. The van der Waals surface area contributed by atoms with Gasteiger partial charge in [0.25, 0.3) is 0 Å². The Morgan fingerprint density at radius 1 is 1.65 bits per heavy atom. The minimum atomic E-state index is -0.767. The van der Waals surface area contributed by atoms with Gasteiger partial charge in [-0.2, -0.15) is 5.26 Å². The molecule has 1 aromatic rings. The summed E-state index contributed by atoms with van der Waals surface area (Å²) in [5.74, 6) is -0.445. The van der Waals surface area contributed by atoms with Gasteiger partial charge in [0, 0.05) is 12.6 Å². The molecule has 2 rings (SSSR count). The Balaban J connectivity index is 2.24. The van der Waals surface area contributed by atoms with Gasteiger partial charge in [0.1, 0.15) is 17.6 Å². The number of carboxylic acid groups (broad SMARTS) is 1. The van der Waals surface area contributed by atoms with E-state index in [0.29, 0.717) is 24.5 Å². The van der Waals surface area contributed by atoms with Gasteiger partial charge in [-0.05, 0) is 25.5 Å².